The second-order valence-corrected chi connectivity index (χ2v) is 6.68. The van der Waals surface area contributed by atoms with Gasteiger partial charge in [0.15, 0.2) is 5.82 Å². The maximum atomic E-state index is 12.9. The van der Waals surface area contributed by atoms with Crippen LogP contribution in [0, 0.1) is 17.0 Å². The van der Waals surface area contributed by atoms with Crippen LogP contribution in [0.3, 0.4) is 0 Å². The first-order valence-electron chi connectivity index (χ1n) is 8.92. The molecule has 1 fully saturated rings. The lowest BCUT2D eigenvalue weighted by Crippen LogP contribution is -2.29. The third kappa shape index (κ3) is 3.12. The zero-order valence-electron chi connectivity index (χ0n) is 15.7. The number of nitro groups is 1. The average Bonchev–Trinajstić information content (AvgIpc) is 3.29. The molecule has 150 valence electrons. The number of benzene rings is 2. The number of Topliss-reactive ketones (excluding diaryl/α,β-unsaturated/α-hetero) is 1. The molecule has 1 amide bonds. The molecule has 0 saturated carbocycles. The van der Waals surface area contributed by atoms with Gasteiger partial charge in [-0.1, -0.05) is 47.6 Å². The lowest BCUT2D eigenvalue weighted by Gasteiger charge is -2.22. The van der Waals surface area contributed by atoms with Crippen LogP contribution < -0.4 is 4.90 Å². The molecule has 0 radical (unpaired) electrons. The number of amides is 1. The van der Waals surface area contributed by atoms with Gasteiger partial charge in [0, 0.05) is 23.8 Å². The summed E-state index contributed by atoms with van der Waals surface area (Å²) >= 11 is 0. The minimum atomic E-state index is -1.12. The smallest absolute Gasteiger partial charge is 0.301 e. The van der Waals surface area contributed by atoms with Crippen LogP contribution in [-0.4, -0.2) is 26.9 Å². The number of carbonyl (C=O) groups is 2. The summed E-state index contributed by atoms with van der Waals surface area (Å²) in [5, 5.41) is 26.0. The molecule has 1 aliphatic rings. The number of rotatable bonds is 4. The molecule has 0 aliphatic carbocycles. The summed E-state index contributed by atoms with van der Waals surface area (Å²) < 4.78 is 5.05. The minimum Gasteiger partial charge on any atom is -0.507 e. The van der Waals surface area contributed by atoms with Crippen LogP contribution in [0.1, 0.15) is 22.9 Å². The van der Waals surface area contributed by atoms with Crippen molar-refractivity contribution < 1.29 is 24.1 Å². The monoisotopic (exact) mass is 405 g/mol. The first-order chi connectivity index (χ1) is 14.4. The van der Waals surface area contributed by atoms with Gasteiger partial charge in [0.05, 0.1) is 16.5 Å². The predicted octanol–water partition coefficient (Wildman–Crippen LogP) is 3.52. The molecule has 0 unspecified atom stereocenters. The molecule has 1 aliphatic heterocycles. The van der Waals surface area contributed by atoms with E-state index in [1.807, 2.05) is 0 Å². The quantitative estimate of drug-likeness (QED) is 0.231. The fourth-order valence-corrected chi connectivity index (χ4v) is 3.41. The summed E-state index contributed by atoms with van der Waals surface area (Å²) in [6.45, 7) is 1.62. The van der Waals surface area contributed by atoms with Crippen molar-refractivity contribution in [3.05, 3.63) is 93.2 Å². The molecule has 2 heterocycles. The SMILES string of the molecule is Cc1cc(N2C(=O)C(=O)C(=C(O)c3ccccc3)[C@H]2c2cccc([N+](=O)[O-])c2)no1. The summed E-state index contributed by atoms with van der Waals surface area (Å²) in [5.74, 6) is -1.75. The van der Waals surface area contributed by atoms with Crippen LogP contribution in [-0.2, 0) is 9.59 Å². The van der Waals surface area contributed by atoms with Crippen molar-refractivity contribution in [3.8, 4) is 0 Å². The predicted molar refractivity (Wildman–Crippen MR) is 106 cm³/mol. The van der Waals surface area contributed by atoms with Gasteiger partial charge in [-0.15, -0.1) is 0 Å². The number of ketones is 1. The number of aromatic nitrogens is 1. The Kier molecular flexibility index (Phi) is 4.63. The number of aryl methyl sites for hydroxylation is 1. The van der Waals surface area contributed by atoms with Gasteiger partial charge in [0.2, 0.25) is 0 Å². The van der Waals surface area contributed by atoms with E-state index < -0.39 is 22.7 Å². The highest BCUT2D eigenvalue weighted by molar-refractivity contribution is 6.51. The van der Waals surface area contributed by atoms with Crippen LogP contribution in [0.4, 0.5) is 11.5 Å². The van der Waals surface area contributed by atoms with Crippen molar-refractivity contribution in [1.29, 1.82) is 0 Å². The van der Waals surface area contributed by atoms with E-state index in [9.17, 15) is 24.8 Å². The van der Waals surface area contributed by atoms with Crippen molar-refractivity contribution in [2.24, 2.45) is 0 Å². The number of aliphatic hydroxyl groups is 1. The maximum absolute atomic E-state index is 12.9. The fraction of sp³-hybridized carbons (Fsp3) is 0.0952. The zero-order chi connectivity index (χ0) is 21.4. The van der Waals surface area contributed by atoms with Gasteiger partial charge in [0.25, 0.3) is 11.5 Å². The summed E-state index contributed by atoms with van der Waals surface area (Å²) in [7, 11) is 0. The summed E-state index contributed by atoms with van der Waals surface area (Å²) in [6.07, 6.45) is 0. The molecule has 1 atom stereocenters. The number of hydrogen-bond acceptors (Lipinski definition) is 7. The number of non-ortho nitro benzene ring substituents is 1. The number of nitrogens with zero attached hydrogens (tertiary/aromatic N) is 3. The van der Waals surface area contributed by atoms with E-state index in [1.165, 1.54) is 24.3 Å². The molecule has 3 aromatic rings. The first-order valence-corrected chi connectivity index (χ1v) is 8.92. The lowest BCUT2D eigenvalue weighted by atomic mass is 9.95. The molecular formula is C21H15N3O6. The van der Waals surface area contributed by atoms with Crippen molar-refractivity contribution in [1.82, 2.24) is 5.16 Å². The van der Waals surface area contributed by atoms with Gasteiger partial charge in [-0.3, -0.25) is 24.6 Å². The molecule has 4 rings (SSSR count). The Morgan fingerprint density at radius 2 is 1.87 bits per heavy atom. The minimum absolute atomic E-state index is 0.0678. The van der Waals surface area contributed by atoms with Gasteiger partial charge in [-0.2, -0.15) is 0 Å². The Hall–Kier alpha value is -4.27. The average molecular weight is 405 g/mol. The molecule has 2 aromatic carbocycles. The van der Waals surface area contributed by atoms with Crippen LogP contribution >= 0.6 is 0 Å². The molecular weight excluding hydrogens is 390 g/mol. The van der Waals surface area contributed by atoms with Gasteiger partial charge in [0.1, 0.15) is 11.5 Å². The van der Waals surface area contributed by atoms with E-state index in [4.69, 9.17) is 4.52 Å². The molecule has 30 heavy (non-hydrogen) atoms. The molecule has 0 bridgehead atoms. The Morgan fingerprint density at radius 3 is 2.50 bits per heavy atom. The summed E-state index contributed by atoms with van der Waals surface area (Å²) in [6, 6.07) is 14.2. The van der Waals surface area contributed by atoms with E-state index in [1.54, 1.807) is 43.3 Å². The zero-order valence-corrected chi connectivity index (χ0v) is 15.7. The maximum Gasteiger partial charge on any atom is 0.301 e. The highest BCUT2D eigenvalue weighted by atomic mass is 16.6. The van der Waals surface area contributed by atoms with E-state index >= 15 is 0 Å². The van der Waals surface area contributed by atoms with E-state index in [2.05, 4.69) is 5.16 Å². The molecule has 1 aromatic heterocycles. The van der Waals surface area contributed by atoms with E-state index in [0.29, 0.717) is 11.3 Å². The molecule has 0 spiro atoms. The van der Waals surface area contributed by atoms with E-state index in [-0.39, 0.29) is 28.4 Å². The number of nitro benzene ring substituents is 1. The molecule has 1 saturated heterocycles. The third-order valence-corrected chi connectivity index (χ3v) is 4.75. The lowest BCUT2D eigenvalue weighted by molar-refractivity contribution is -0.384. The number of hydrogen-bond donors (Lipinski definition) is 1. The Balaban J connectivity index is 1.97. The van der Waals surface area contributed by atoms with Crippen molar-refractivity contribution in [2.75, 3.05) is 4.90 Å². The van der Waals surface area contributed by atoms with Crippen molar-refractivity contribution >= 4 is 29.0 Å². The van der Waals surface area contributed by atoms with Gasteiger partial charge >= 0.3 is 5.91 Å². The van der Waals surface area contributed by atoms with Crippen LogP contribution in [0.2, 0.25) is 0 Å². The molecule has 1 N–H and O–H groups in total. The molecule has 9 nitrogen and oxygen atoms in total. The second kappa shape index (κ2) is 7.28. The van der Waals surface area contributed by atoms with Gasteiger partial charge < -0.3 is 9.63 Å². The topological polar surface area (TPSA) is 127 Å². The van der Waals surface area contributed by atoms with Crippen molar-refractivity contribution in [3.63, 3.8) is 0 Å². The number of anilines is 1. The summed E-state index contributed by atoms with van der Waals surface area (Å²) in [4.78, 5) is 37.5. The Bertz CT molecular complexity index is 1200. The number of carbonyl (C=O) groups excluding carboxylic acids is 2. The highest BCUT2D eigenvalue weighted by Gasteiger charge is 2.48. The highest BCUT2D eigenvalue weighted by Crippen LogP contribution is 2.42. The van der Waals surface area contributed by atoms with Crippen LogP contribution in [0.25, 0.3) is 5.76 Å². The van der Waals surface area contributed by atoms with Crippen LogP contribution in [0.15, 0.2) is 70.8 Å². The van der Waals surface area contributed by atoms with Crippen LogP contribution in [0.5, 0.6) is 0 Å². The van der Waals surface area contributed by atoms with Crippen molar-refractivity contribution in [2.45, 2.75) is 13.0 Å². The summed E-state index contributed by atoms with van der Waals surface area (Å²) in [5.41, 5.74) is 0.213. The normalized spacial score (nSPS) is 18.0. The Morgan fingerprint density at radius 1 is 1.13 bits per heavy atom. The van der Waals surface area contributed by atoms with E-state index in [0.717, 1.165) is 4.90 Å². The molecule has 9 heteroatoms. The fourth-order valence-electron chi connectivity index (χ4n) is 3.41. The third-order valence-electron chi connectivity index (χ3n) is 4.75. The standard InChI is InChI=1S/C21H15N3O6/c1-12-10-16(22-30-12)23-18(14-8-5-9-15(11-14)24(28)29)17(20(26)21(23)27)19(25)13-6-3-2-4-7-13/h2-11,18,25H,1H3/t18-/m1/s1. The largest absolute Gasteiger partial charge is 0.507 e. The van der Waals surface area contributed by atoms with Gasteiger partial charge in [-0.25, -0.2) is 0 Å². The first kappa shape index (κ1) is 19.1. The second-order valence-electron chi connectivity index (χ2n) is 6.68. The number of aliphatic hydroxyl groups excluding tert-OH is 1. The Labute approximate surface area is 170 Å². The van der Waals surface area contributed by atoms with Gasteiger partial charge in [-0.05, 0) is 12.5 Å².